The molecule has 20 heavy (non-hydrogen) atoms. The number of aryl methyl sites for hydroxylation is 1. The average molecular weight is 273 g/mol. The molecule has 0 fully saturated rings. The SMILES string of the molecule is CCNCc1cc(F)ccc1OCc1cccc(C)c1. The Labute approximate surface area is 119 Å². The third kappa shape index (κ3) is 4.07. The van der Waals surface area contributed by atoms with Crippen LogP contribution in [-0.4, -0.2) is 6.54 Å². The first-order valence-corrected chi connectivity index (χ1v) is 6.86. The molecule has 2 nitrogen and oxygen atoms in total. The molecule has 2 aromatic rings. The fraction of sp³-hybridized carbons (Fsp3) is 0.294. The van der Waals surface area contributed by atoms with E-state index in [1.807, 2.05) is 19.1 Å². The van der Waals surface area contributed by atoms with E-state index in [2.05, 4.69) is 24.4 Å². The van der Waals surface area contributed by atoms with Gasteiger partial charge in [-0.1, -0.05) is 36.8 Å². The summed E-state index contributed by atoms with van der Waals surface area (Å²) in [5.41, 5.74) is 3.17. The lowest BCUT2D eigenvalue weighted by Gasteiger charge is -2.12. The highest BCUT2D eigenvalue weighted by Crippen LogP contribution is 2.21. The molecule has 2 rings (SSSR count). The molecule has 0 aliphatic rings. The van der Waals surface area contributed by atoms with Crippen molar-refractivity contribution in [3.8, 4) is 5.75 Å². The third-order valence-electron chi connectivity index (χ3n) is 3.06. The maximum atomic E-state index is 13.3. The Bertz CT molecular complexity index is 569. The second-order valence-electron chi connectivity index (χ2n) is 4.81. The van der Waals surface area contributed by atoms with Crippen LogP contribution in [0.2, 0.25) is 0 Å². The summed E-state index contributed by atoms with van der Waals surface area (Å²) in [6, 6.07) is 12.8. The van der Waals surface area contributed by atoms with Gasteiger partial charge in [-0.3, -0.25) is 0 Å². The third-order valence-corrected chi connectivity index (χ3v) is 3.06. The summed E-state index contributed by atoms with van der Waals surface area (Å²) in [6.45, 7) is 6.02. The van der Waals surface area contributed by atoms with Crippen molar-refractivity contribution in [1.29, 1.82) is 0 Å². The number of nitrogens with one attached hydrogen (secondary N) is 1. The van der Waals surface area contributed by atoms with E-state index in [1.54, 1.807) is 6.07 Å². The zero-order valence-corrected chi connectivity index (χ0v) is 11.9. The van der Waals surface area contributed by atoms with E-state index in [4.69, 9.17) is 4.74 Å². The first kappa shape index (κ1) is 14.5. The van der Waals surface area contributed by atoms with Gasteiger partial charge in [-0.25, -0.2) is 4.39 Å². The molecule has 106 valence electrons. The van der Waals surface area contributed by atoms with Crippen molar-refractivity contribution in [2.24, 2.45) is 0 Å². The van der Waals surface area contributed by atoms with Gasteiger partial charge in [0, 0.05) is 12.1 Å². The van der Waals surface area contributed by atoms with Crippen molar-refractivity contribution in [2.45, 2.75) is 27.0 Å². The molecule has 1 N–H and O–H groups in total. The van der Waals surface area contributed by atoms with Crippen LogP contribution in [0.1, 0.15) is 23.6 Å². The molecule has 0 atom stereocenters. The normalized spacial score (nSPS) is 10.6. The first-order valence-electron chi connectivity index (χ1n) is 6.86. The highest BCUT2D eigenvalue weighted by atomic mass is 19.1. The molecule has 0 aromatic heterocycles. The van der Waals surface area contributed by atoms with Gasteiger partial charge in [-0.2, -0.15) is 0 Å². The Hall–Kier alpha value is -1.87. The van der Waals surface area contributed by atoms with Gasteiger partial charge in [-0.05, 0) is 37.2 Å². The van der Waals surface area contributed by atoms with Crippen LogP contribution in [0.3, 0.4) is 0 Å². The van der Waals surface area contributed by atoms with Crippen molar-refractivity contribution in [3.05, 3.63) is 65.0 Å². The lowest BCUT2D eigenvalue weighted by molar-refractivity contribution is 0.301. The molecule has 0 heterocycles. The van der Waals surface area contributed by atoms with Crippen molar-refractivity contribution >= 4 is 0 Å². The Morgan fingerprint density at radius 3 is 2.75 bits per heavy atom. The van der Waals surface area contributed by atoms with E-state index in [1.165, 1.54) is 17.7 Å². The second-order valence-corrected chi connectivity index (χ2v) is 4.81. The zero-order valence-electron chi connectivity index (χ0n) is 11.9. The van der Waals surface area contributed by atoms with Gasteiger partial charge >= 0.3 is 0 Å². The molecule has 0 amide bonds. The summed E-state index contributed by atoms with van der Waals surface area (Å²) in [5.74, 6) is 0.495. The molecule has 0 radical (unpaired) electrons. The Balaban J connectivity index is 2.08. The van der Waals surface area contributed by atoms with E-state index in [0.29, 0.717) is 13.2 Å². The molecular weight excluding hydrogens is 253 g/mol. The Morgan fingerprint density at radius 2 is 2.00 bits per heavy atom. The van der Waals surface area contributed by atoms with Crippen LogP contribution in [-0.2, 0) is 13.2 Å². The van der Waals surface area contributed by atoms with E-state index >= 15 is 0 Å². The van der Waals surface area contributed by atoms with Crippen LogP contribution in [0, 0.1) is 12.7 Å². The maximum absolute atomic E-state index is 13.3. The van der Waals surface area contributed by atoms with Crippen LogP contribution < -0.4 is 10.1 Å². The minimum atomic E-state index is -0.235. The minimum Gasteiger partial charge on any atom is -0.489 e. The van der Waals surface area contributed by atoms with Gasteiger partial charge in [0.1, 0.15) is 18.2 Å². The summed E-state index contributed by atoms with van der Waals surface area (Å²) in [6.07, 6.45) is 0. The zero-order chi connectivity index (χ0) is 14.4. The number of rotatable bonds is 6. The summed E-state index contributed by atoms with van der Waals surface area (Å²) in [4.78, 5) is 0. The predicted octanol–water partition coefficient (Wildman–Crippen LogP) is 3.82. The van der Waals surface area contributed by atoms with Crippen molar-refractivity contribution in [2.75, 3.05) is 6.54 Å². The quantitative estimate of drug-likeness (QED) is 0.864. The van der Waals surface area contributed by atoms with Crippen molar-refractivity contribution < 1.29 is 9.13 Å². The van der Waals surface area contributed by atoms with E-state index in [9.17, 15) is 4.39 Å². The molecule has 0 aliphatic carbocycles. The fourth-order valence-electron chi connectivity index (χ4n) is 2.05. The smallest absolute Gasteiger partial charge is 0.124 e. The number of ether oxygens (including phenoxy) is 1. The van der Waals surface area contributed by atoms with Crippen molar-refractivity contribution in [1.82, 2.24) is 5.32 Å². The van der Waals surface area contributed by atoms with Crippen LogP contribution in [0.25, 0.3) is 0 Å². The van der Waals surface area contributed by atoms with Crippen LogP contribution in [0.4, 0.5) is 4.39 Å². The van der Waals surface area contributed by atoms with Crippen molar-refractivity contribution in [3.63, 3.8) is 0 Å². The summed E-state index contributed by atoms with van der Waals surface area (Å²) in [7, 11) is 0. The molecule has 2 aromatic carbocycles. The summed E-state index contributed by atoms with van der Waals surface area (Å²) >= 11 is 0. The monoisotopic (exact) mass is 273 g/mol. The number of hydrogen-bond donors (Lipinski definition) is 1. The summed E-state index contributed by atoms with van der Waals surface area (Å²) < 4.78 is 19.1. The molecular formula is C17H20FNO. The van der Waals surface area contributed by atoms with Gasteiger partial charge in [0.25, 0.3) is 0 Å². The van der Waals surface area contributed by atoms with Crippen LogP contribution in [0.5, 0.6) is 5.75 Å². The average Bonchev–Trinajstić information content (AvgIpc) is 2.44. The highest BCUT2D eigenvalue weighted by Gasteiger charge is 2.05. The topological polar surface area (TPSA) is 21.3 Å². The maximum Gasteiger partial charge on any atom is 0.124 e. The molecule has 0 aliphatic heterocycles. The fourth-order valence-corrected chi connectivity index (χ4v) is 2.05. The molecule has 0 bridgehead atoms. The van der Waals surface area contributed by atoms with E-state index in [-0.39, 0.29) is 5.82 Å². The van der Waals surface area contributed by atoms with Crippen LogP contribution in [0.15, 0.2) is 42.5 Å². The molecule has 3 heteroatoms. The highest BCUT2D eigenvalue weighted by molar-refractivity contribution is 5.34. The number of halogens is 1. The molecule has 0 saturated heterocycles. The molecule has 0 unspecified atom stereocenters. The van der Waals surface area contributed by atoms with Gasteiger partial charge in [-0.15, -0.1) is 0 Å². The van der Waals surface area contributed by atoms with Gasteiger partial charge in [0.15, 0.2) is 0 Å². The van der Waals surface area contributed by atoms with E-state index in [0.717, 1.165) is 23.4 Å². The first-order chi connectivity index (χ1) is 9.69. The Kier molecular flexibility index (Phi) is 5.13. The Morgan fingerprint density at radius 1 is 1.15 bits per heavy atom. The van der Waals surface area contributed by atoms with Gasteiger partial charge in [0.2, 0.25) is 0 Å². The summed E-state index contributed by atoms with van der Waals surface area (Å²) in [5, 5.41) is 3.19. The largest absolute Gasteiger partial charge is 0.489 e. The van der Waals surface area contributed by atoms with Gasteiger partial charge < -0.3 is 10.1 Å². The standard InChI is InChI=1S/C17H20FNO/c1-3-19-11-15-10-16(18)7-8-17(15)20-12-14-6-4-5-13(2)9-14/h4-10,19H,3,11-12H2,1-2H3. The second kappa shape index (κ2) is 7.06. The predicted molar refractivity (Wildman–Crippen MR) is 79.3 cm³/mol. The lowest BCUT2D eigenvalue weighted by atomic mass is 10.1. The minimum absolute atomic E-state index is 0.235. The van der Waals surface area contributed by atoms with E-state index < -0.39 is 0 Å². The molecule has 0 saturated carbocycles. The molecule has 0 spiro atoms. The van der Waals surface area contributed by atoms with Crippen LogP contribution >= 0.6 is 0 Å². The number of hydrogen-bond acceptors (Lipinski definition) is 2. The number of benzene rings is 2. The van der Waals surface area contributed by atoms with Gasteiger partial charge in [0.05, 0.1) is 0 Å². The lowest BCUT2D eigenvalue weighted by Crippen LogP contribution is -2.13.